The number of esters is 1. The predicted molar refractivity (Wildman–Crippen MR) is 133 cm³/mol. The lowest BCUT2D eigenvalue weighted by Crippen LogP contribution is -2.12. The van der Waals surface area contributed by atoms with Crippen LogP contribution in [-0.2, 0) is 9.53 Å². The standard InChI is InChI=1S/C28H22N2O6/c1-32-20-13-11-18(12-14-20)24-25-27(35-22-10-6-9-21(15-22)34-16-23(31)33-2)29-17-30-28(25)36-26(24)19-7-4-3-5-8-19/h3-15,17H,16H2,1-2H3. The number of hydrogen-bond acceptors (Lipinski definition) is 8. The third kappa shape index (κ3) is 4.69. The van der Waals surface area contributed by atoms with Gasteiger partial charge in [0.15, 0.2) is 6.61 Å². The van der Waals surface area contributed by atoms with Gasteiger partial charge in [0.05, 0.1) is 14.2 Å². The van der Waals surface area contributed by atoms with Crippen LogP contribution in [0.3, 0.4) is 0 Å². The first-order chi connectivity index (χ1) is 17.7. The van der Waals surface area contributed by atoms with Crippen molar-refractivity contribution in [2.24, 2.45) is 0 Å². The summed E-state index contributed by atoms with van der Waals surface area (Å²) in [6.07, 6.45) is 1.39. The second-order valence-electron chi connectivity index (χ2n) is 7.70. The number of carbonyl (C=O) groups is 1. The van der Waals surface area contributed by atoms with Crippen molar-refractivity contribution in [1.29, 1.82) is 0 Å². The summed E-state index contributed by atoms with van der Waals surface area (Å²) in [5, 5.41) is 0.627. The number of nitrogens with zero attached hydrogens (tertiary/aromatic N) is 2. The molecule has 0 aliphatic carbocycles. The van der Waals surface area contributed by atoms with Crippen molar-refractivity contribution >= 4 is 17.1 Å². The summed E-state index contributed by atoms with van der Waals surface area (Å²) < 4.78 is 27.9. The molecule has 0 saturated carbocycles. The van der Waals surface area contributed by atoms with Gasteiger partial charge in [-0.1, -0.05) is 48.5 Å². The molecule has 0 atom stereocenters. The molecule has 3 aromatic carbocycles. The molecular weight excluding hydrogens is 460 g/mol. The average molecular weight is 482 g/mol. The van der Waals surface area contributed by atoms with Crippen LogP contribution in [0, 0.1) is 0 Å². The zero-order chi connectivity index (χ0) is 24.9. The van der Waals surface area contributed by atoms with Gasteiger partial charge in [0.25, 0.3) is 0 Å². The van der Waals surface area contributed by atoms with Gasteiger partial charge in [0.1, 0.15) is 34.7 Å². The summed E-state index contributed by atoms with van der Waals surface area (Å²) in [4.78, 5) is 20.2. The lowest BCUT2D eigenvalue weighted by atomic mass is 9.99. The second-order valence-corrected chi connectivity index (χ2v) is 7.70. The molecule has 0 aliphatic heterocycles. The number of aromatic nitrogens is 2. The van der Waals surface area contributed by atoms with Crippen molar-refractivity contribution in [3.05, 3.63) is 85.2 Å². The largest absolute Gasteiger partial charge is 0.497 e. The SMILES string of the molecule is COC(=O)COc1cccc(Oc2ncnc3oc(-c4ccccc4)c(-c4ccc(OC)cc4)c23)c1. The number of fused-ring (bicyclic) bond motifs is 1. The first-order valence-corrected chi connectivity index (χ1v) is 11.1. The fourth-order valence-corrected chi connectivity index (χ4v) is 3.75. The zero-order valence-electron chi connectivity index (χ0n) is 19.6. The molecule has 180 valence electrons. The van der Waals surface area contributed by atoms with Gasteiger partial charge in [0.2, 0.25) is 11.6 Å². The van der Waals surface area contributed by atoms with Crippen molar-refractivity contribution in [2.45, 2.75) is 0 Å². The second kappa shape index (κ2) is 10.2. The topological polar surface area (TPSA) is 92.9 Å². The lowest BCUT2D eigenvalue weighted by molar-refractivity contribution is -0.142. The van der Waals surface area contributed by atoms with E-state index in [-0.39, 0.29) is 6.61 Å². The summed E-state index contributed by atoms with van der Waals surface area (Å²) in [7, 11) is 2.93. The number of benzene rings is 3. The fraction of sp³-hybridized carbons (Fsp3) is 0.107. The molecular formula is C28H22N2O6. The van der Waals surface area contributed by atoms with E-state index in [4.69, 9.17) is 18.6 Å². The lowest BCUT2D eigenvalue weighted by Gasteiger charge is -2.10. The van der Waals surface area contributed by atoms with E-state index in [1.54, 1.807) is 31.4 Å². The monoisotopic (exact) mass is 482 g/mol. The van der Waals surface area contributed by atoms with Gasteiger partial charge in [-0.15, -0.1) is 0 Å². The summed E-state index contributed by atoms with van der Waals surface area (Å²) in [5.41, 5.74) is 2.98. The number of ether oxygens (including phenoxy) is 4. The van der Waals surface area contributed by atoms with E-state index in [0.29, 0.717) is 34.2 Å². The van der Waals surface area contributed by atoms with Crippen LogP contribution < -0.4 is 14.2 Å². The van der Waals surface area contributed by atoms with Gasteiger partial charge in [-0.3, -0.25) is 0 Å². The highest BCUT2D eigenvalue weighted by Gasteiger charge is 2.23. The quantitative estimate of drug-likeness (QED) is 0.252. The molecule has 36 heavy (non-hydrogen) atoms. The maximum absolute atomic E-state index is 11.4. The minimum absolute atomic E-state index is 0.207. The molecule has 8 nitrogen and oxygen atoms in total. The molecule has 0 amide bonds. The highest BCUT2D eigenvalue weighted by Crippen LogP contribution is 2.44. The van der Waals surface area contributed by atoms with Crippen LogP contribution in [-0.4, -0.2) is 36.8 Å². The van der Waals surface area contributed by atoms with Gasteiger partial charge in [-0.25, -0.2) is 14.8 Å². The van der Waals surface area contributed by atoms with Crippen molar-refractivity contribution in [2.75, 3.05) is 20.8 Å². The normalized spacial score (nSPS) is 10.7. The molecule has 0 N–H and O–H groups in total. The summed E-state index contributed by atoms with van der Waals surface area (Å²) in [6.45, 7) is -0.207. The van der Waals surface area contributed by atoms with E-state index >= 15 is 0 Å². The maximum Gasteiger partial charge on any atom is 0.343 e. The summed E-state index contributed by atoms with van der Waals surface area (Å²) >= 11 is 0. The summed E-state index contributed by atoms with van der Waals surface area (Å²) in [5.74, 6) is 2.16. The van der Waals surface area contributed by atoms with Crippen LogP contribution in [0.2, 0.25) is 0 Å². The Bertz CT molecular complexity index is 1500. The van der Waals surface area contributed by atoms with Crippen molar-refractivity contribution in [3.63, 3.8) is 0 Å². The Morgan fingerprint density at radius 1 is 0.833 bits per heavy atom. The molecule has 5 aromatic rings. The Kier molecular flexibility index (Phi) is 6.48. The molecule has 2 heterocycles. The van der Waals surface area contributed by atoms with E-state index < -0.39 is 5.97 Å². The van der Waals surface area contributed by atoms with Gasteiger partial charge < -0.3 is 23.4 Å². The van der Waals surface area contributed by atoms with Gasteiger partial charge in [-0.2, -0.15) is 0 Å². The number of carbonyl (C=O) groups excluding carboxylic acids is 1. The maximum atomic E-state index is 11.4. The van der Waals surface area contributed by atoms with Crippen LogP contribution in [0.1, 0.15) is 0 Å². The Morgan fingerprint density at radius 3 is 2.36 bits per heavy atom. The van der Waals surface area contributed by atoms with Crippen molar-refractivity contribution < 1.29 is 28.2 Å². The van der Waals surface area contributed by atoms with Crippen molar-refractivity contribution in [1.82, 2.24) is 9.97 Å². The first kappa shape index (κ1) is 22.9. The van der Waals surface area contributed by atoms with Crippen molar-refractivity contribution in [3.8, 4) is 45.6 Å². The zero-order valence-corrected chi connectivity index (χ0v) is 19.6. The van der Waals surface area contributed by atoms with E-state index in [2.05, 4.69) is 14.7 Å². The number of furan rings is 1. The highest BCUT2D eigenvalue weighted by molar-refractivity contribution is 6.03. The Labute approximate surface area is 207 Å². The molecule has 5 rings (SSSR count). The average Bonchev–Trinajstić information content (AvgIpc) is 3.33. The minimum atomic E-state index is -0.477. The number of hydrogen-bond donors (Lipinski definition) is 0. The molecule has 0 spiro atoms. The Balaban J connectivity index is 1.60. The Hall–Kier alpha value is -4.85. The van der Waals surface area contributed by atoms with Gasteiger partial charge >= 0.3 is 5.97 Å². The van der Waals surface area contributed by atoms with Crippen LogP contribution in [0.5, 0.6) is 23.1 Å². The number of methoxy groups -OCH3 is 2. The molecule has 0 fully saturated rings. The third-order valence-corrected chi connectivity index (χ3v) is 5.47. The molecule has 0 unspecified atom stereocenters. The molecule has 2 aromatic heterocycles. The molecule has 0 bridgehead atoms. The number of rotatable bonds is 8. The smallest absolute Gasteiger partial charge is 0.343 e. The molecule has 0 radical (unpaired) electrons. The van der Waals surface area contributed by atoms with Gasteiger partial charge in [0, 0.05) is 17.2 Å². The summed E-state index contributed by atoms with van der Waals surface area (Å²) in [6, 6.07) is 24.4. The third-order valence-electron chi connectivity index (χ3n) is 5.47. The van der Waals surface area contributed by atoms with Crippen LogP contribution in [0.4, 0.5) is 0 Å². The minimum Gasteiger partial charge on any atom is -0.497 e. The van der Waals surface area contributed by atoms with E-state index in [9.17, 15) is 4.79 Å². The first-order valence-electron chi connectivity index (χ1n) is 11.1. The highest BCUT2D eigenvalue weighted by atomic mass is 16.6. The van der Waals surface area contributed by atoms with E-state index in [0.717, 1.165) is 22.4 Å². The van der Waals surface area contributed by atoms with Gasteiger partial charge in [-0.05, 0) is 29.8 Å². The van der Waals surface area contributed by atoms with Crippen LogP contribution in [0.15, 0.2) is 89.6 Å². The molecule has 8 heteroatoms. The Morgan fingerprint density at radius 2 is 1.61 bits per heavy atom. The van der Waals surface area contributed by atoms with Crippen LogP contribution in [0.25, 0.3) is 33.6 Å². The van der Waals surface area contributed by atoms with Crippen LogP contribution >= 0.6 is 0 Å². The predicted octanol–water partition coefficient (Wildman–Crippen LogP) is 5.91. The molecule has 0 saturated heterocycles. The fourth-order valence-electron chi connectivity index (χ4n) is 3.75. The molecule has 0 aliphatic rings. The van der Waals surface area contributed by atoms with E-state index in [1.807, 2.05) is 54.6 Å². The van der Waals surface area contributed by atoms with E-state index in [1.165, 1.54) is 13.4 Å².